The minimum atomic E-state index is -1.13. The van der Waals surface area contributed by atoms with Crippen molar-refractivity contribution < 1.29 is 24.9 Å². The maximum atomic E-state index is 11.7. The van der Waals surface area contributed by atoms with Crippen LogP contribution < -0.4 is 11.1 Å². The van der Waals surface area contributed by atoms with Crippen molar-refractivity contribution in [3.63, 3.8) is 0 Å². The van der Waals surface area contributed by atoms with Gasteiger partial charge in [0.15, 0.2) is 0 Å². The number of amides is 1. The maximum Gasteiger partial charge on any atom is 0.320 e. The van der Waals surface area contributed by atoms with Crippen LogP contribution in [0.5, 0.6) is 0 Å². The van der Waals surface area contributed by atoms with E-state index in [1.165, 1.54) is 0 Å². The molecule has 8 nitrogen and oxygen atoms in total. The lowest BCUT2D eigenvalue weighted by molar-refractivity contribution is -0.138. The zero-order valence-electron chi connectivity index (χ0n) is 11.8. The number of carbonyl (C=O) groups is 2. The standard InChI is InChI=1S/C12H25N3O5/c1-2-10(15(5-7-16)6-8-17)14-11(18)4-3-9(13)12(19)20/h9-10,16-17H,2-8,13H2,1H3,(H,14,18)(H,19,20). The zero-order chi connectivity index (χ0) is 15.5. The highest BCUT2D eigenvalue weighted by molar-refractivity contribution is 5.78. The van der Waals surface area contributed by atoms with Crippen LogP contribution in [0.2, 0.25) is 0 Å². The van der Waals surface area contributed by atoms with E-state index in [1.807, 2.05) is 6.92 Å². The Morgan fingerprint density at radius 3 is 2.20 bits per heavy atom. The van der Waals surface area contributed by atoms with Gasteiger partial charge in [-0.1, -0.05) is 6.92 Å². The second kappa shape index (κ2) is 10.6. The largest absolute Gasteiger partial charge is 0.480 e. The number of carbonyl (C=O) groups excluding carboxylic acids is 1. The second-order valence-electron chi connectivity index (χ2n) is 4.46. The minimum Gasteiger partial charge on any atom is -0.480 e. The van der Waals surface area contributed by atoms with Crippen LogP contribution in [0, 0.1) is 0 Å². The summed E-state index contributed by atoms with van der Waals surface area (Å²) >= 11 is 0. The summed E-state index contributed by atoms with van der Waals surface area (Å²) in [5, 5.41) is 29.3. The molecule has 0 aliphatic carbocycles. The fourth-order valence-corrected chi connectivity index (χ4v) is 1.80. The number of nitrogens with two attached hydrogens (primary N) is 1. The van der Waals surface area contributed by atoms with Crippen LogP contribution in [-0.2, 0) is 9.59 Å². The number of aliphatic hydroxyl groups excluding tert-OH is 2. The average Bonchev–Trinajstić information content (AvgIpc) is 2.41. The Bertz CT molecular complexity index is 295. The van der Waals surface area contributed by atoms with Crippen LogP contribution in [0.3, 0.4) is 0 Å². The van der Waals surface area contributed by atoms with Gasteiger partial charge in [-0.25, -0.2) is 0 Å². The first-order chi connectivity index (χ1) is 9.46. The van der Waals surface area contributed by atoms with Gasteiger partial charge in [0.25, 0.3) is 0 Å². The normalized spacial score (nSPS) is 14.1. The molecule has 118 valence electrons. The van der Waals surface area contributed by atoms with Crippen molar-refractivity contribution in [2.24, 2.45) is 5.73 Å². The predicted octanol–water partition coefficient (Wildman–Crippen LogP) is -1.68. The van der Waals surface area contributed by atoms with Gasteiger partial charge in [-0.3, -0.25) is 14.5 Å². The molecule has 1 amide bonds. The summed E-state index contributed by atoms with van der Waals surface area (Å²) in [7, 11) is 0. The van der Waals surface area contributed by atoms with Crippen molar-refractivity contribution in [1.82, 2.24) is 10.2 Å². The van der Waals surface area contributed by atoms with Crippen molar-refractivity contribution >= 4 is 11.9 Å². The lowest BCUT2D eigenvalue weighted by Gasteiger charge is -2.30. The number of hydrogen-bond acceptors (Lipinski definition) is 6. The number of carboxylic acids is 1. The van der Waals surface area contributed by atoms with Gasteiger partial charge in [0.1, 0.15) is 6.04 Å². The van der Waals surface area contributed by atoms with Crippen LogP contribution in [0.4, 0.5) is 0 Å². The Kier molecular flexibility index (Phi) is 9.91. The third-order valence-electron chi connectivity index (χ3n) is 2.93. The van der Waals surface area contributed by atoms with Crippen LogP contribution >= 0.6 is 0 Å². The van der Waals surface area contributed by atoms with Gasteiger partial charge in [0.05, 0.1) is 19.4 Å². The molecule has 0 radical (unpaired) electrons. The number of aliphatic hydroxyl groups is 2. The van der Waals surface area contributed by atoms with Crippen LogP contribution in [-0.4, -0.2) is 70.6 Å². The third-order valence-corrected chi connectivity index (χ3v) is 2.93. The summed E-state index contributed by atoms with van der Waals surface area (Å²) in [5.41, 5.74) is 5.33. The summed E-state index contributed by atoms with van der Waals surface area (Å²) in [6.45, 7) is 2.41. The fraction of sp³-hybridized carbons (Fsp3) is 0.833. The number of rotatable bonds is 11. The molecule has 2 unspecified atom stereocenters. The topological polar surface area (TPSA) is 136 Å². The number of nitrogens with zero attached hydrogens (tertiary/aromatic N) is 1. The summed E-state index contributed by atoms with van der Waals surface area (Å²) in [5.74, 6) is -1.43. The second-order valence-corrected chi connectivity index (χ2v) is 4.46. The van der Waals surface area contributed by atoms with E-state index in [1.54, 1.807) is 4.90 Å². The number of carboxylic acid groups (broad SMARTS) is 1. The van der Waals surface area contributed by atoms with Crippen molar-refractivity contribution in [3.8, 4) is 0 Å². The van der Waals surface area contributed by atoms with E-state index in [-0.39, 0.29) is 38.1 Å². The van der Waals surface area contributed by atoms with Crippen molar-refractivity contribution in [2.75, 3.05) is 26.3 Å². The van der Waals surface area contributed by atoms with Gasteiger partial charge in [0.2, 0.25) is 5.91 Å². The third kappa shape index (κ3) is 7.39. The fourth-order valence-electron chi connectivity index (χ4n) is 1.80. The van der Waals surface area contributed by atoms with E-state index in [2.05, 4.69) is 5.32 Å². The van der Waals surface area contributed by atoms with Gasteiger partial charge in [-0.2, -0.15) is 0 Å². The minimum absolute atomic E-state index is 0.0239. The lowest BCUT2D eigenvalue weighted by Crippen LogP contribution is -2.50. The van der Waals surface area contributed by atoms with Crippen molar-refractivity contribution in [2.45, 2.75) is 38.4 Å². The Morgan fingerprint density at radius 2 is 1.80 bits per heavy atom. The predicted molar refractivity (Wildman–Crippen MR) is 72.8 cm³/mol. The van der Waals surface area contributed by atoms with E-state index in [4.69, 9.17) is 21.1 Å². The van der Waals surface area contributed by atoms with Crippen LogP contribution in [0.1, 0.15) is 26.2 Å². The molecule has 0 heterocycles. The summed E-state index contributed by atoms with van der Waals surface area (Å²) in [4.78, 5) is 24.0. The first-order valence-corrected chi connectivity index (χ1v) is 6.69. The molecule has 0 saturated heterocycles. The van der Waals surface area contributed by atoms with Crippen LogP contribution in [0.25, 0.3) is 0 Å². The van der Waals surface area contributed by atoms with E-state index in [0.717, 1.165) is 0 Å². The molecule has 0 fully saturated rings. The molecule has 0 aromatic carbocycles. The molecule has 2 atom stereocenters. The Balaban J connectivity index is 4.31. The zero-order valence-corrected chi connectivity index (χ0v) is 11.8. The first-order valence-electron chi connectivity index (χ1n) is 6.69. The molecule has 0 aliphatic rings. The van der Waals surface area contributed by atoms with E-state index < -0.39 is 12.0 Å². The monoisotopic (exact) mass is 291 g/mol. The molecule has 0 bridgehead atoms. The van der Waals surface area contributed by atoms with E-state index in [9.17, 15) is 9.59 Å². The number of hydrogen-bond donors (Lipinski definition) is 5. The molecule has 0 saturated carbocycles. The number of nitrogens with one attached hydrogen (secondary N) is 1. The molecular formula is C12H25N3O5. The summed E-state index contributed by atoms with van der Waals surface area (Å²) < 4.78 is 0. The number of aliphatic carboxylic acids is 1. The van der Waals surface area contributed by atoms with Gasteiger partial charge in [0, 0.05) is 19.5 Å². The summed E-state index contributed by atoms with van der Waals surface area (Å²) in [6, 6.07) is -1.05. The SMILES string of the molecule is CCC(NC(=O)CCC(N)C(=O)O)N(CCO)CCO. The van der Waals surface area contributed by atoms with Gasteiger partial charge < -0.3 is 26.4 Å². The van der Waals surface area contributed by atoms with Crippen molar-refractivity contribution in [1.29, 1.82) is 0 Å². The molecule has 0 aromatic rings. The molecule has 20 heavy (non-hydrogen) atoms. The Morgan fingerprint density at radius 1 is 1.25 bits per heavy atom. The quantitative estimate of drug-likeness (QED) is 0.287. The van der Waals surface area contributed by atoms with E-state index in [0.29, 0.717) is 19.5 Å². The van der Waals surface area contributed by atoms with Crippen molar-refractivity contribution in [3.05, 3.63) is 0 Å². The molecule has 0 aliphatic heterocycles. The van der Waals surface area contributed by atoms with Gasteiger partial charge >= 0.3 is 5.97 Å². The van der Waals surface area contributed by atoms with Gasteiger partial charge in [-0.15, -0.1) is 0 Å². The lowest BCUT2D eigenvalue weighted by atomic mass is 10.1. The smallest absolute Gasteiger partial charge is 0.320 e. The highest BCUT2D eigenvalue weighted by Crippen LogP contribution is 2.02. The maximum absolute atomic E-state index is 11.7. The highest BCUT2D eigenvalue weighted by Gasteiger charge is 2.19. The van der Waals surface area contributed by atoms with Crippen LogP contribution in [0.15, 0.2) is 0 Å². The van der Waals surface area contributed by atoms with E-state index >= 15 is 0 Å². The molecule has 0 spiro atoms. The Labute approximate surface area is 118 Å². The molecule has 0 rings (SSSR count). The molecule has 8 heteroatoms. The molecule has 6 N–H and O–H groups in total. The molecule has 0 aromatic heterocycles. The Hall–Kier alpha value is -1.22. The highest BCUT2D eigenvalue weighted by atomic mass is 16.4. The van der Waals surface area contributed by atoms with Gasteiger partial charge in [-0.05, 0) is 12.8 Å². The average molecular weight is 291 g/mol. The molecular weight excluding hydrogens is 266 g/mol. The first kappa shape index (κ1) is 18.8. The summed E-state index contributed by atoms with van der Waals surface area (Å²) in [6.07, 6.45) is 0.396.